The van der Waals surface area contributed by atoms with Gasteiger partial charge < -0.3 is 14.8 Å². The highest BCUT2D eigenvalue weighted by molar-refractivity contribution is 7.89. The van der Waals surface area contributed by atoms with Gasteiger partial charge in [0.15, 0.2) is 11.5 Å². The lowest BCUT2D eigenvalue weighted by Crippen LogP contribution is -2.25. The van der Waals surface area contributed by atoms with Gasteiger partial charge in [-0.05, 0) is 43.2 Å². The van der Waals surface area contributed by atoms with Crippen molar-refractivity contribution in [3.8, 4) is 11.5 Å². The summed E-state index contributed by atoms with van der Waals surface area (Å²) in [5, 5.41) is 3.32. The Morgan fingerprint density at radius 1 is 1.10 bits per heavy atom. The van der Waals surface area contributed by atoms with Crippen molar-refractivity contribution < 1.29 is 22.7 Å². The molecule has 0 fully saturated rings. The molecule has 0 saturated carbocycles. The summed E-state index contributed by atoms with van der Waals surface area (Å²) in [6.07, 6.45) is 1.27. The lowest BCUT2D eigenvalue weighted by Gasteiger charge is -2.11. The molecule has 0 aromatic heterocycles. The van der Waals surface area contributed by atoms with Crippen LogP contribution in [0.4, 0.5) is 5.69 Å². The van der Waals surface area contributed by atoms with Crippen molar-refractivity contribution in [2.24, 2.45) is 0 Å². The predicted octanol–water partition coefficient (Wildman–Crippen LogP) is 3.51. The molecule has 1 amide bonds. The minimum absolute atomic E-state index is 0.0977. The molecule has 0 radical (unpaired) electrons. The molecule has 2 aromatic carbocycles. The van der Waals surface area contributed by atoms with Crippen molar-refractivity contribution >= 4 is 33.2 Å². The largest absolute Gasteiger partial charge is 0.490 e. The van der Waals surface area contributed by atoms with Crippen LogP contribution in [-0.4, -0.2) is 34.1 Å². The third kappa shape index (κ3) is 5.85. The summed E-state index contributed by atoms with van der Waals surface area (Å²) in [6.45, 7) is 3.03. The van der Waals surface area contributed by atoms with E-state index in [9.17, 15) is 13.2 Å². The van der Waals surface area contributed by atoms with Gasteiger partial charge in [-0.2, -0.15) is 0 Å². The first-order chi connectivity index (χ1) is 13.8. The van der Waals surface area contributed by atoms with Crippen LogP contribution in [0.5, 0.6) is 11.5 Å². The highest BCUT2D eigenvalue weighted by Gasteiger charge is 2.18. The molecular formula is C20H23ClN2O5S. The van der Waals surface area contributed by atoms with Crippen LogP contribution < -0.4 is 19.5 Å². The van der Waals surface area contributed by atoms with Crippen LogP contribution >= 0.6 is 11.6 Å². The molecule has 29 heavy (non-hydrogen) atoms. The number of ether oxygens (including phenoxy) is 2. The number of carbonyl (C=O) groups excluding carboxylic acids is 1. The minimum Gasteiger partial charge on any atom is -0.490 e. The fraction of sp³-hybridized carbons (Fsp3) is 0.350. The number of halogens is 1. The smallest absolute Gasteiger partial charge is 0.240 e. The quantitative estimate of drug-likeness (QED) is 0.645. The Kier molecular flexibility index (Phi) is 7.00. The van der Waals surface area contributed by atoms with Crippen LogP contribution in [0, 0.1) is 6.92 Å². The molecule has 7 nitrogen and oxygen atoms in total. The second-order valence-corrected chi connectivity index (χ2v) is 8.85. The average molecular weight is 439 g/mol. The summed E-state index contributed by atoms with van der Waals surface area (Å²) in [5.74, 6) is 0.746. The molecule has 0 bridgehead atoms. The Morgan fingerprint density at radius 2 is 1.86 bits per heavy atom. The van der Waals surface area contributed by atoms with E-state index in [2.05, 4.69) is 10.0 Å². The number of sulfonamides is 1. The summed E-state index contributed by atoms with van der Waals surface area (Å²) >= 11 is 6.04. The minimum atomic E-state index is -3.71. The van der Waals surface area contributed by atoms with E-state index < -0.39 is 10.0 Å². The van der Waals surface area contributed by atoms with Gasteiger partial charge >= 0.3 is 0 Å². The lowest BCUT2D eigenvalue weighted by atomic mass is 10.2. The normalized spacial score (nSPS) is 13.6. The molecule has 1 aliphatic heterocycles. The molecule has 0 unspecified atom stereocenters. The van der Waals surface area contributed by atoms with Crippen molar-refractivity contribution in [3.63, 3.8) is 0 Å². The van der Waals surface area contributed by atoms with Gasteiger partial charge in [0, 0.05) is 36.2 Å². The van der Waals surface area contributed by atoms with Gasteiger partial charge in [-0.15, -0.1) is 0 Å². The monoisotopic (exact) mass is 438 g/mol. The Morgan fingerprint density at radius 3 is 2.62 bits per heavy atom. The first-order valence-corrected chi connectivity index (χ1v) is 11.2. The van der Waals surface area contributed by atoms with Crippen LogP contribution in [0.2, 0.25) is 5.02 Å². The molecule has 156 valence electrons. The SMILES string of the molecule is Cc1ccc(NC(=O)CCCNS(=O)(=O)c2ccc3c(c2)OCCCO3)cc1Cl. The topological polar surface area (TPSA) is 93.7 Å². The maximum absolute atomic E-state index is 12.5. The van der Waals surface area contributed by atoms with Gasteiger partial charge in [-0.1, -0.05) is 17.7 Å². The van der Waals surface area contributed by atoms with E-state index in [0.29, 0.717) is 41.8 Å². The van der Waals surface area contributed by atoms with Crippen LogP contribution in [-0.2, 0) is 14.8 Å². The Bertz CT molecular complexity index is 994. The first-order valence-electron chi connectivity index (χ1n) is 9.30. The number of hydrogen-bond acceptors (Lipinski definition) is 5. The Hall–Kier alpha value is -2.29. The molecule has 9 heteroatoms. The van der Waals surface area contributed by atoms with Crippen LogP contribution in [0.1, 0.15) is 24.8 Å². The van der Waals surface area contributed by atoms with Crippen molar-refractivity contribution in [1.29, 1.82) is 0 Å². The maximum Gasteiger partial charge on any atom is 0.240 e. The fourth-order valence-electron chi connectivity index (χ4n) is 2.74. The second kappa shape index (κ2) is 9.47. The molecule has 2 N–H and O–H groups in total. The number of benzene rings is 2. The molecule has 0 atom stereocenters. The first kappa shape index (κ1) is 21.4. The zero-order valence-electron chi connectivity index (χ0n) is 16.0. The molecule has 3 rings (SSSR count). The Balaban J connectivity index is 1.49. The average Bonchev–Trinajstić information content (AvgIpc) is 2.93. The number of fused-ring (bicyclic) bond motifs is 1. The number of carbonyl (C=O) groups is 1. The summed E-state index contributed by atoms with van der Waals surface area (Å²) in [7, 11) is -3.71. The molecule has 0 spiro atoms. The van der Waals surface area contributed by atoms with Crippen LogP contribution in [0.15, 0.2) is 41.3 Å². The van der Waals surface area contributed by atoms with Gasteiger partial charge in [0.05, 0.1) is 18.1 Å². The third-order valence-electron chi connectivity index (χ3n) is 4.36. The van der Waals surface area contributed by atoms with Gasteiger partial charge in [-0.25, -0.2) is 13.1 Å². The van der Waals surface area contributed by atoms with Gasteiger partial charge in [0.1, 0.15) is 0 Å². The summed E-state index contributed by atoms with van der Waals surface area (Å²) < 4.78 is 38.5. The molecule has 1 heterocycles. The fourth-order valence-corrected chi connectivity index (χ4v) is 4.01. The number of rotatable bonds is 7. The molecule has 1 aliphatic rings. The van der Waals surface area contributed by atoms with E-state index in [-0.39, 0.29) is 23.8 Å². The molecule has 0 saturated heterocycles. The van der Waals surface area contributed by atoms with Gasteiger partial charge in [-0.3, -0.25) is 4.79 Å². The zero-order chi connectivity index (χ0) is 20.9. The van der Waals surface area contributed by atoms with Crippen molar-refractivity contribution in [3.05, 3.63) is 47.0 Å². The van der Waals surface area contributed by atoms with Gasteiger partial charge in [0.2, 0.25) is 15.9 Å². The highest BCUT2D eigenvalue weighted by atomic mass is 35.5. The van der Waals surface area contributed by atoms with Crippen molar-refractivity contribution in [1.82, 2.24) is 4.72 Å². The van der Waals surface area contributed by atoms with E-state index in [1.54, 1.807) is 18.2 Å². The van der Waals surface area contributed by atoms with E-state index in [1.165, 1.54) is 12.1 Å². The van der Waals surface area contributed by atoms with E-state index in [1.807, 2.05) is 13.0 Å². The second-order valence-electron chi connectivity index (χ2n) is 6.67. The number of aryl methyl sites for hydroxylation is 1. The van der Waals surface area contributed by atoms with E-state index in [0.717, 1.165) is 12.0 Å². The Labute approximate surface area is 175 Å². The summed E-state index contributed by atoms with van der Waals surface area (Å²) in [4.78, 5) is 12.1. The number of nitrogens with one attached hydrogen (secondary N) is 2. The molecular weight excluding hydrogens is 416 g/mol. The number of amides is 1. The van der Waals surface area contributed by atoms with E-state index >= 15 is 0 Å². The molecule has 2 aromatic rings. The van der Waals surface area contributed by atoms with Crippen molar-refractivity contribution in [2.75, 3.05) is 25.1 Å². The number of hydrogen-bond donors (Lipinski definition) is 2. The maximum atomic E-state index is 12.5. The highest BCUT2D eigenvalue weighted by Crippen LogP contribution is 2.31. The lowest BCUT2D eigenvalue weighted by molar-refractivity contribution is -0.116. The third-order valence-corrected chi connectivity index (χ3v) is 6.22. The summed E-state index contributed by atoms with van der Waals surface area (Å²) in [5.41, 5.74) is 1.53. The zero-order valence-corrected chi connectivity index (χ0v) is 17.6. The molecule has 0 aliphatic carbocycles. The van der Waals surface area contributed by atoms with Crippen LogP contribution in [0.25, 0.3) is 0 Å². The van der Waals surface area contributed by atoms with E-state index in [4.69, 9.17) is 21.1 Å². The predicted molar refractivity (Wildman–Crippen MR) is 111 cm³/mol. The summed E-state index contributed by atoms with van der Waals surface area (Å²) in [6, 6.07) is 9.80. The number of anilines is 1. The standard InChI is InChI=1S/C20H23ClN2O5S/c1-14-5-6-15(12-17(14)21)23-20(24)4-2-9-22-29(25,26)16-7-8-18-19(13-16)28-11-3-10-27-18/h5-8,12-13,22H,2-4,9-11H2,1H3,(H,23,24). The van der Waals surface area contributed by atoms with Gasteiger partial charge in [0.25, 0.3) is 0 Å². The van der Waals surface area contributed by atoms with Crippen LogP contribution in [0.3, 0.4) is 0 Å². The van der Waals surface area contributed by atoms with Crippen molar-refractivity contribution in [2.45, 2.75) is 31.1 Å².